The molecule has 8 nitrogen and oxygen atoms in total. The Kier molecular flexibility index (Phi) is 7.73. The Morgan fingerprint density at radius 3 is 2.47 bits per heavy atom. The second-order valence-corrected chi connectivity index (χ2v) is 10.9. The molecule has 198 valence electrons. The third-order valence-corrected chi connectivity index (χ3v) is 7.45. The highest BCUT2D eigenvalue weighted by Crippen LogP contribution is 2.34. The molecule has 0 bridgehead atoms. The number of hydrogen-bond acceptors (Lipinski definition) is 7. The van der Waals surface area contributed by atoms with Gasteiger partial charge in [0.15, 0.2) is 17.4 Å². The van der Waals surface area contributed by atoms with E-state index >= 15 is 0 Å². The lowest BCUT2D eigenvalue weighted by molar-refractivity contribution is -0.233. The molecule has 1 aliphatic heterocycles. The van der Waals surface area contributed by atoms with Crippen LogP contribution in [0, 0.1) is 0 Å². The van der Waals surface area contributed by atoms with Crippen molar-refractivity contribution in [2.75, 3.05) is 13.2 Å². The molecule has 38 heavy (non-hydrogen) atoms. The topological polar surface area (TPSA) is 125 Å². The quantitative estimate of drug-likeness (QED) is 0.297. The first-order chi connectivity index (χ1) is 18.3. The van der Waals surface area contributed by atoms with E-state index in [1.807, 2.05) is 54.6 Å². The third-order valence-electron chi connectivity index (χ3n) is 6.52. The lowest BCUT2D eigenvalue weighted by atomic mass is 9.96. The average Bonchev–Trinajstić information content (AvgIpc) is 3.36. The summed E-state index contributed by atoms with van der Waals surface area (Å²) in [5.74, 6) is -0.183. The number of aromatic nitrogens is 1. The van der Waals surface area contributed by atoms with Crippen LogP contribution in [0.15, 0.2) is 88.2 Å². The molecule has 9 heteroatoms. The molecule has 0 radical (unpaired) electrons. The first kappa shape index (κ1) is 26.3. The van der Waals surface area contributed by atoms with Crippen molar-refractivity contribution in [3.8, 4) is 22.6 Å². The Morgan fingerprint density at radius 2 is 1.76 bits per heavy atom. The summed E-state index contributed by atoms with van der Waals surface area (Å²) >= 11 is 0. The van der Waals surface area contributed by atoms with Gasteiger partial charge in [-0.1, -0.05) is 48.5 Å². The minimum Gasteiger partial charge on any atom is -0.440 e. The Bertz CT molecular complexity index is 1480. The number of rotatable bonds is 9. The molecule has 1 unspecified atom stereocenters. The summed E-state index contributed by atoms with van der Waals surface area (Å²) in [5, 5.41) is 16.1. The van der Waals surface area contributed by atoms with Crippen LogP contribution in [0.3, 0.4) is 0 Å². The van der Waals surface area contributed by atoms with Crippen molar-refractivity contribution in [2.24, 2.45) is 5.14 Å². The second-order valence-electron chi connectivity index (χ2n) is 9.31. The number of aliphatic hydroxyl groups is 1. The third kappa shape index (κ3) is 6.03. The standard InChI is InChI=1S/C29H30N2O6S/c30-38(33,34)25-13-11-23(12-14-25)28-27(22-8-2-1-3-9-22)31-26(37-28)15-18-35-20-21-7-6-10-24(19-21)29(32)16-4-5-17-36-29/h1-3,6-14,19,32H,4-5,15-18,20H2,(H2,30,33,34). The molecule has 1 atom stereocenters. The number of oxazole rings is 1. The number of ether oxygens (including phenoxy) is 2. The van der Waals surface area contributed by atoms with Crippen LogP contribution >= 0.6 is 0 Å². The molecule has 0 saturated carbocycles. The first-order valence-corrected chi connectivity index (χ1v) is 14.1. The van der Waals surface area contributed by atoms with Crippen molar-refractivity contribution in [3.63, 3.8) is 0 Å². The fourth-order valence-electron chi connectivity index (χ4n) is 4.52. The van der Waals surface area contributed by atoms with Crippen molar-refractivity contribution in [2.45, 2.75) is 43.0 Å². The van der Waals surface area contributed by atoms with Gasteiger partial charge in [-0.15, -0.1) is 0 Å². The smallest absolute Gasteiger partial charge is 0.238 e. The van der Waals surface area contributed by atoms with E-state index < -0.39 is 15.8 Å². The molecule has 3 aromatic carbocycles. The molecule has 0 aliphatic carbocycles. The highest BCUT2D eigenvalue weighted by Gasteiger charge is 2.32. The summed E-state index contributed by atoms with van der Waals surface area (Å²) in [7, 11) is -3.79. The van der Waals surface area contributed by atoms with Crippen LogP contribution < -0.4 is 5.14 Å². The highest BCUT2D eigenvalue weighted by molar-refractivity contribution is 7.89. The van der Waals surface area contributed by atoms with Crippen LogP contribution in [0.5, 0.6) is 0 Å². The Morgan fingerprint density at radius 1 is 0.974 bits per heavy atom. The molecule has 4 aromatic rings. The molecular weight excluding hydrogens is 504 g/mol. The van der Waals surface area contributed by atoms with Gasteiger partial charge >= 0.3 is 0 Å². The van der Waals surface area contributed by atoms with Crippen LogP contribution in [-0.4, -0.2) is 31.7 Å². The maximum Gasteiger partial charge on any atom is 0.238 e. The summed E-state index contributed by atoms with van der Waals surface area (Å²) in [5.41, 5.74) is 3.93. The summed E-state index contributed by atoms with van der Waals surface area (Å²) in [6.45, 7) is 1.30. The Labute approximate surface area is 222 Å². The van der Waals surface area contributed by atoms with Crippen molar-refractivity contribution < 1.29 is 27.4 Å². The van der Waals surface area contributed by atoms with Crippen LogP contribution in [0.4, 0.5) is 0 Å². The largest absolute Gasteiger partial charge is 0.440 e. The van der Waals surface area contributed by atoms with Crippen molar-refractivity contribution in [1.82, 2.24) is 4.98 Å². The Balaban J connectivity index is 1.28. The maximum absolute atomic E-state index is 11.6. The maximum atomic E-state index is 11.6. The van der Waals surface area contributed by atoms with Gasteiger partial charge in [0.1, 0.15) is 5.69 Å². The lowest BCUT2D eigenvalue weighted by Crippen LogP contribution is -2.33. The zero-order valence-electron chi connectivity index (χ0n) is 20.9. The van der Waals surface area contributed by atoms with E-state index in [-0.39, 0.29) is 4.90 Å². The zero-order chi connectivity index (χ0) is 26.6. The molecular formula is C29H30N2O6S. The van der Waals surface area contributed by atoms with Crippen molar-refractivity contribution in [3.05, 3.63) is 95.9 Å². The van der Waals surface area contributed by atoms with Crippen LogP contribution in [0.25, 0.3) is 22.6 Å². The van der Waals surface area contributed by atoms with E-state index in [0.29, 0.717) is 55.6 Å². The Hall–Kier alpha value is -3.34. The van der Waals surface area contributed by atoms with E-state index in [0.717, 1.165) is 29.5 Å². The highest BCUT2D eigenvalue weighted by atomic mass is 32.2. The van der Waals surface area contributed by atoms with Crippen LogP contribution in [0.2, 0.25) is 0 Å². The summed E-state index contributed by atoms with van der Waals surface area (Å²) in [6.07, 6.45) is 2.91. The second kappa shape index (κ2) is 11.2. The predicted octanol–water partition coefficient (Wildman–Crippen LogP) is 4.76. The molecule has 2 heterocycles. The molecule has 1 fully saturated rings. The molecule has 1 aliphatic rings. The normalized spacial score (nSPS) is 17.9. The average molecular weight is 535 g/mol. The number of primary sulfonamides is 1. The molecule has 0 spiro atoms. The SMILES string of the molecule is NS(=O)(=O)c1ccc(-c2oc(CCOCc3cccc(C4(O)CCCCO4)c3)nc2-c2ccccc2)cc1. The minimum atomic E-state index is -3.79. The molecule has 1 aromatic heterocycles. The predicted molar refractivity (Wildman–Crippen MR) is 142 cm³/mol. The lowest BCUT2D eigenvalue weighted by Gasteiger charge is -2.32. The monoisotopic (exact) mass is 534 g/mol. The van der Waals surface area contributed by atoms with Gasteiger partial charge in [-0.3, -0.25) is 0 Å². The molecule has 3 N–H and O–H groups in total. The number of benzene rings is 3. The van der Waals surface area contributed by atoms with Gasteiger partial charge in [-0.05, 0) is 48.7 Å². The summed E-state index contributed by atoms with van der Waals surface area (Å²) in [4.78, 5) is 4.75. The number of nitrogens with zero attached hydrogens (tertiary/aromatic N) is 1. The number of sulfonamides is 1. The van der Waals surface area contributed by atoms with Gasteiger partial charge in [0.05, 0.1) is 24.7 Å². The van der Waals surface area contributed by atoms with Gasteiger partial charge < -0.3 is 19.0 Å². The van der Waals surface area contributed by atoms with E-state index in [9.17, 15) is 13.5 Å². The van der Waals surface area contributed by atoms with E-state index in [4.69, 9.17) is 24.0 Å². The van der Waals surface area contributed by atoms with E-state index in [1.54, 1.807) is 12.1 Å². The van der Waals surface area contributed by atoms with E-state index in [1.165, 1.54) is 12.1 Å². The van der Waals surface area contributed by atoms with Gasteiger partial charge in [0, 0.05) is 29.5 Å². The summed E-state index contributed by atoms with van der Waals surface area (Å²) < 4.78 is 41.0. The van der Waals surface area contributed by atoms with Gasteiger partial charge in [0.2, 0.25) is 10.0 Å². The van der Waals surface area contributed by atoms with Gasteiger partial charge in [0.25, 0.3) is 0 Å². The van der Waals surface area contributed by atoms with E-state index in [2.05, 4.69) is 0 Å². The molecule has 5 rings (SSSR count). The molecule has 1 saturated heterocycles. The summed E-state index contributed by atoms with van der Waals surface area (Å²) in [6, 6.07) is 23.5. The van der Waals surface area contributed by atoms with Crippen LogP contribution in [0.1, 0.15) is 36.3 Å². The fourth-order valence-corrected chi connectivity index (χ4v) is 5.03. The number of hydrogen-bond donors (Lipinski definition) is 2. The first-order valence-electron chi connectivity index (χ1n) is 12.5. The number of nitrogens with two attached hydrogens (primary N) is 1. The van der Waals surface area contributed by atoms with Gasteiger partial charge in [-0.2, -0.15) is 0 Å². The van der Waals surface area contributed by atoms with Crippen molar-refractivity contribution >= 4 is 10.0 Å². The minimum absolute atomic E-state index is 0.0295. The molecule has 0 amide bonds. The van der Waals surface area contributed by atoms with Crippen LogP contribution in [-0.2, 0) is 38.3 Å². The fraction of sp³-hybridized carbons (Fsp3) is 0.276. The van der Waals surface area contributed by atoms with Gasteiger partial charge in [-0.25, -0.2) is 18.5 Å². The zero-order valence-corrected chi connectivity index (χ0v) is 21.7. The van der Waals surface area contributed by atoms with Crippen molar-refractivity contribution in [1.29, 1.82) is 0 Å².